The van der Waals surface area contributed by atoms with Crippen molar-refractivity contribution in [2.75, 3.05) is 0 Å². The lowest BCUT2D eigenvalue weighted by molar-refractivity contribution is 0.0696. The fourth-order valence-corrected chi connectivity index (χ4v) is 1.58. The van der Waals surface area contributed by atoms with Crippen LogP contribution in [0.1, 0.15) is 10.4 Å². The Kier molecular flexibility index (Phi) is 3.31. The van der Waals surface area contributed by atoms with Gasteiger partial charge in [0.05, 0.1) is 10.5 Å². The van der Waals surface area contributed by atoms with Crippen LogP contribution in [0.15, 0.2) is 23.1 Å². The molecule has 0 saturated carbocycles. The van der Waals surface area contributed by atoms with E-state index in [1.165, 1.54) is 0 Å². The molecule has 0 unspecified atom stereocenters. The Morgan fingerprint density at radius 1 is 1.25 bits per heavy atom. The second kappa shape index (κ2) is 4.20. The number of aromatic carboxylic acids is 1. The Morgan fingerprint density at radius 3 is 2.19 bits per heavy atom. The van der Waals surface area contributed by atoms with E-state index in [0.717, 1.165) is 6.07 Å². The van der Waals surface area contributed by atoms with Gasteiger partial charge in [-0.2, -0.15) is 8.42 Å². The Labute approximate surface area is 90.3 Å². The zero-order valence-corrected chi connectivity index (χ0v) is 8.48. The van der Waals surface area contributed by atoms with E-state index >= 15 is 0 Å². The summed E-state index contributed by atoms with van der Waals surface area (Å²) in [6.07, 6.45) is 0. The third kappa shape index (κ3) is 2.78. The molecule has 0 aromatic heterocycles. The lowest BCUT2D eigenvalue weighted by atomic mass is 9.79. The maximum absolute atomic E-state index is 12.6. The van der Waals surface area contributed by atoms with E-state index in [2.05, 4.69) is 0 Å². The molecule has 6 nitrogen and oxygen atoms in total. The monoisotopic (exact) mass is 248 g/mol. The van der Waals surface area contributed by atoms with Gasteiger partial charge in [-0.25, -0.2) is 4.79 Å². The van der Waals surface area contributed by atoms with Gasteiger partial charge >= 0.3 is 23.3 Å². The average Bonchev–Trinajstić information content (AvgIpc) is 2.15. The van der Waals surface area contributed by atoms with E-state index in [1.807, 2.05) is 0 Å². The third-order valence-corrected chi connectivity index (χ3v) is 2.55. The van der Waals surface area contributed by atoms with Crippen LogP contribution >= 0.6 is 0 Å². The van der Waals surface area contributed by atoms with Gasteiger partial charge in [-0.05, 0) is 23.7 Å². The molecule has 0 aliphatic rings. The molecule has 16 heavy (non-hydrogen) atoms. The van der Waals surface area contributed by atoms with Crippen molar-refractivity contribution in [2.45, 2.75) is 4.90 Å². The number of carboxylic acids is 1. The van der Waals surface area contributed by atoms with Crippen molar-refractivity contribution in [3.05, 3.63) is 23.8 Å². The molecule has 0 bridgehead atoms. The first kappa shape index (κ1) is 12.6. The van der Waals surface area contributed by atoms with E-state index in [4.69, 9.17) is 15.2 Å². The third-order valence-electron chi connectivity index (χ3n) is 1.76. The maximum atomic E-state index is 12.6. The van der Waals surface area contributed by atoms with Crippen LogP contribution in [0.2, 0.25) is 0 Å². The summed E-state index contributed by atoms with van der Waals surface area (Å²) in [7, 11) is -7.18. The number of benzene rings is 1. The van der Waals surface area contributed by atoms with E-state index in [-0.39, 0.29) is 0 Å². The van der Waals surface area contributed by atoms with Crippen molar-refractivity contribution < 1.29 is 32.3 Å². The molecule has 0 amide bonds. The van der Waals surface area contributed by atoms with Crippen molar-refractivity contribution in [2.24, 2.45) is 0 Å². The summed E-state index contributed by atoms with van der Waals surface area (Å²) in [6.45, 7) is 0. The van der Waals surface area contributed by atoms with E-state index in [9.17, 15) is 17.1 Å². The highest BCUT2D eigenvalue weighted by Gasteiger charge is 2.21. The summed E-state index contributed by atoms with van der Waals surface area (Å²) in [6, 6.07) is 2.07. The summed E-state index contributed by atoms with van der Waals surface area (Å²) in [5, 5.41) is 26.1. The second-order valence-corrected chi connectivity index (χ2v) is 4.25. The number of rotatable bonds is 3. The van der Waals surface area contributed by atoms with Gasteiger partial charge in [-0.15, -0.1) is 3.89 Å². The number of carboxylic acid groups (broad SMARTS) is 1. The summed E-state index contributed by atoms with van der Waals surface area (Å²) >= 11 is 0. The van der Waals surface area contributed by atoms with Gasteiger partial charge in [0.1, 0.15) is 0 Å². The second-order valence-electron chi connectivity index (χ2n) is 2.91. The van der Waals surface area contributed by atoms with Gasteiger partial charge in [-0.1, -0.05) is 0 Å². The first-order valence-corrected chi connectivity index (χ1v) is 5.29. The molecule has 3 N–H and O–H groups in total. The van der Waals surface area contributed by atoms with Crippen LogP contribution in [0.5, 0.6) is 0 Å². The van der Waals surface area contributed by atoms with Crippen LogP contribution < -0.4 is 5.46 Å². The minimum absolute atomic E-state index is 0.420. The maximum Gasteiger partial charge on any atom is 0.488 e. The first-order valence-electron chi connectivity index (χ1n) is 3.91. The van der Waals surface area contributed by atoms with E-state index < -0.39 is 39.2 Å². The number of hydrogen-bond donors (Lipinski definition) is 3. The first-order chi connectivity index (χ1) is 7.21. The molecule has 0 aliphatic heterocycles. The summed E-state index contributed by atoms with van der Waals surface area (Å²) in [5.41, 5.74) is -0.974. The molecule has 0 atom stereocenters. The van der Waals surface area contributed by atoms with Crippen molar-refractivity contribution in [3.63, 3.8) is 0 Å². The average molecular weight is 248 g/mol. The van der Waals surface area contributed by atoms with E-state index in [0.29, 0.717) is 12.1 Å². The molecule has 1 aromatic rings. The fourth-order valence-electron chi connectivity index (χ4n) is 1.04. The molecular formula is C7H6BFO6S. The fraction of sp³-hybridized carbons (Fsp3) is 0. The van der Waals surface area contributed by atoms with Crippen LogP contribution in [0.25, 0.3) is 0 Å². The highest BCUT2D eigenvalue weighted by molar-refractivity contribution is 7.86. The Hall–Kier alpha value is -1.45. The van der Waals surface area contributed by atoms with Crippen LogP contribution in [-0.2, 0) is 10.2 Å². The lowest BCUT2D eigenvalue weighted by Crippen LogP contribution is -2.31. The normalized spacial score (nSPS) is 11.2. The standard InChI is InChI=1S/C7H6BFO6S/c9-16(14,15)6-2-4(7(10)11)1-5(3-6)8(12)13/h1-3,12-13H,(H,10,11). The molecule has 0 saturated heterocycles. The van der Waals surface area contributed by atoms with Crippen molar-refractivity contribution in [3.8, 4) is 0 Å². The van der Waals surface area contributed by atoms with Crippen molar-refractivity contribution in [1.82, 2.24) is 0 Å². The summed E-state index contributed by atoms with van der Waals surface area (Å²) in [4.78, 5) is 9.64. The number of hydrogen-bond acceptors (Lipinski definition) is 5. The van der Waals surface area contributed by atoms with Crippen molar-refractivity contribution >= 4 is 28.8 Å². The van der Waals surface area contributed by atoms with Crippen molar-refractivity contribution in [1.29, 1.82) is 0 Å². The highest BCUT2D eigenvalue weighted by atomic mass is 32.3. The quantitative estimate of drug-likeness (QED) is 0.453. The zero-order chi connectivity index (χ0) is 12.5. The van der Waals surface area contributed by atoms with Crippen LogP contribution in [0.4, 0.5) is 3.89 Å². The van der Waals surface area contributed by atoms with Gasteiger partial charge in [-0.3, -0.25) is 0 Å². The Morgan fingerprint density at radius 2 is 1.81 bits per heavy atom. The molecule has 0 spiro atoms. The molecular weight excluding hydrogens is 242 g/mol. The molecule has 1 rings (SSSR count). The van der Waals surface area contributed by atoms with Gasteiger partial charge < -0.3 is 15.2 Å². The smallest absolute Gasteiger partial charge is 0.478 e. The molecule has 86 valence electrons. The van der Waals surface area contributed by atoms with Gasteiger partial charge in [0.25, 0.3) is 0 Å². The van der Waals surface area contributed by atoms with Crippen LogP contribution in [0, 0.1) is 0 Å². The van der Waals surface area contributed by atoms with Crippen LogP contribution in [-0.4, -0.2) is 36.7 Å². The molecule has 0 aliphatic carbocycles. The van der Waals surface area contributed by atoms with Gasteiger partial charge in [0.2, 0.25) is 0 Å². The van der Waals surface area contributed by atoms with Crippen LogP contribution in [0.3, 0.4) is 0 Å². The summed E-state index contributed by atoms with van der Waals surface area (Å²) < 4.78 is 33.7. The largest absolute Gasteiger partial charge is 0.488 e. The summed E-state index contributed by atoms with van der Waals surface area (Å²) in [5.74, 6) is -1.51. The predicted octanol–water partition coefficient (Wildman–Crippen LogP) is -1.28. The van der Waals surface area contributed by atoms with Gasteiger partial charge in [0, 0.05) is 0 Å². The zero-order valence-electron chi connectivity index (χ0n) is 7.66. The predicted molar refractivity (Wildman–Crippen MR) is 51.5 cm³/mol. The molecule has 9 heteroatoms. The van der Waals surface area contributed by atoms with Gasteiger partial charge in [0.15, 0.2) is 0 Å². The van der Waals surface area contributed by atoms with E-state index in [1.54, 1.807) is 0 Å². The number of halogens is 1. The SMILES string of the molecule is O=C(O)c1cc(B(O)O)cc(S(=O)(=O)F)c1. The molecule has 1 aromatic carbocycles. The topological polar surface area (TPSA) is 112 Å². The molecule has 0 radical (unpaired) electrons. The number of carbonyl (C=O) groups is 1. The minimum Gasteiger partial charge on any atom is -0.478 e. The highest BCUT2D eigenvalue weighted by Crippen LogP contribution is 2.13. The molecule has 0 fully saturated rings. The Bertz CT molecular complexity index is 526. The lowest BCUT2D eigenvalue weighted by Gasteiger charge is -2.03. The Balaban J connectivity index is 3.48. The minimum atomic E-state index is -5.10. The molecule has 0 heterocycles.